The van der Waals surface area contributed by atoms with E-state index < -0.39 is 0 Å². The Hall–Kier alpha value is -1.80. The second kappa shape index (κ2) is 7.28. The predicted molar refractivity (Wildman–Crippen MR) is 89.0 cm³/mol. The fourth-order valence-corrected chi connectivity index (χ4v) is 2.76. The summed E-state index contributed by atoms with van der Waals surface area (Å²) >= 11 is 7.45. The fourth-order valence-electron chi connectivity index (χ4n) is 1.75. The van der Waals surface area contributed by atoms with Gasteiger partial charge in [-0.1, -0.05) is 30.4 Å². The highest BCUT2D eigenvalue weighted by Crippen LogP contribution is 2.22. The number of anilines is 1. The van der Waals surface area contributed by atoms with E-state index in [1.807, 2.05) is 12.1 Å². The summed E-state index contributed by atoms with van der Waals surface area (Å²) in [6.45, 7) is 2.32. The Morgan fingerprint density at radius 1 is 1.38 bits per heavy atom. The minimum absolute atomic E-state index is 0.141. The quantitative estimate of drug-likeness (QED) is 0.851. The molecular weight excluding hydrogens is 304 g/mol. The van der Waals surface area contributed by atoms with Crippen molar-refractivity contribution in [1.82, 2.24) is 0 Å². The molecule has 0 aliphatic carbocycles. The third-order valence-electron chi connectivity index (χ3n) is 2.79. The van der Waals surface area contributed by atoms with Gasteiger partial charge in [0.2, 0.25) is 0 Å². The third-order valence-corrected chi connectivity index (χ3v) is 4.25. The minimum atomic E-state index is -0.141. The first-order valence-electron chi connectivity index (χ1n) is 6.52. The SMILES string of the molecule is CCc1ccc(C(=O)Nc2ccc(Cl)cc2C#CCN)s1. The fraction of sp³-hybridized carbons (Fsp3) is 0.188. The summed E-state index contributed by atoms with van der Waals surface area (Å²) in [7, 11) is 0. The van der Waals surface area contributed by atoms with E-state index in [0.29, 0.717) is 21.2 Å². The van der Waals surface area contributed by atoms with Crippen molar-refractivity contribution >= 4 is 34.5 Å². The highest BCUT2D eigenvalue weighted by atomic mass is 35.5. The number of aryl methyl sites for hydroxylation is 1. The lowest BCUT2D eigenvalue weighted by Gasteiger charge is -2.07. The molecule has 1 aromatic heterocycles. The van der Waals surface area contributed by atoms with Gasteiger partial charge in [0.15, 0.2) is 0 Å². The molecule has 21 heavy (non-hydrogen) atoms. The van der Waals surface area contributed by atoms with Crippen LogP contribution in [0.15, 0.2) is 30.3 Å². The van der Waals surface area contributed by atoms with Crippen LogP contribution in [0.25, 0.3) is 0 Å². The lowest BCUT2D eigenvalue weighted by atomic mass is 10.1. The van der Waals surface area contributed by atoms with Crippen molar-refractivity contribution in [1.29, 1.82) is 0 Å². The molecule has 1 amide bonds. The molecule has 2 rings (SSSR count). The zero-order chi connectivity index (χ0) is 15.2. The van der Waals surface area contributed by atoms with Gasteiger partial charge in [0, 0.05) is 15.5 Å². The van der Waals surface area contributed by atoms with Gasteiger partial charge in [0.05, 0.1) is 17.1 Å². The smallest absolute Gasteiger partial charge is 0.265 e. The summed E-state index contributed by atoms with van der Waals surface area (Å²) < 4.78 is 0. The van der Waals surface area contributed by atoms with Crippen LogP contribution in [0, 0.1) is 11.8 Å². The summed E-state index contributed by atoms with van der Waals surface area (Å²) in [5, 5.41) is 3.44. The van der Waals surface area contributed by atoms with Crippen molar-refractivity contribution in [3.05, 3.63) is 50.7 Å². The first-order valence-corrected chi connectivity index (χ1v) is 7.72. The number of nitrogens with two attached hydrogens (primary N) is 1. The monoisotopic (exact) mass is 318 g/mol. The van der Waals surface area contributed by atoms with Gasteiger partial charge in [-0.2, -0.15) is 0 Å². The molecule has 0 radical (unpaired) electrons. The maximum absolute atomic E-state index is 12.2. The van der Waals surface area contributed by atoms with Gasteiger partial charge in [-0.15, -0.1) is 11.3 Å². The highest BCUT2D eigenvalue weighted by Gasteiger charge is 2.11. The maximum atomic E-state index is 12.2. The second-order valence-electron chi connectivity index (χ2n) is 4.27. The Kier molecular flexibility index (Phi) is 5.40. The Morgan fingerprint density at radius 3 is 2.86 bits per heavy atom. The lowest BCUT2D eigenvalue weighted by molar-refractivity contribution is 0.103. The number of hydrogen-bond donors (Lipinski definition) is 2. The Morgan fingerprint density at radius 2 is 2.19 bits per heavy atom. The minimum Gasteiger partial charge on any atom is -0.320 e. The molecule has 0 aliphatic rings. The van der Waals surface area contributed by atoms with E-state index in [2.05, 4.69) is 24.1 Å². The number of thiophene rings is 1. The molecular formula is C16H15ClN2OS. The molecule has 2 aromatic rings. The number of benzene rings is 1. The molecule has 3 nitrogen and oxygen atoms in total. The molecule has 5 heteroatoms. The summed E-state index contributed by atoms with van der Waals surface area (Å²) in [5.41, 5.74) is 6.68. The predicted octanol–water partition coefficient (Wildman–Crippen LogP) is 3.53. The average Bonchev–Trinajstić information content (AvgIpc) is 2.96. The molecule has 3 N–H and O–H groups in total. The second-order valence-corrected chi connectivity index (χ2v) is 5.87. The summed E-state index contributed by atoms with van der Waals surface area (Å²) in [5.74, 6) is 5.54. The van der Waals surface area contributed by atoms with Gasteiger partial charge in [-0.25, -0.2) is 0 Å². The third kappa shape index (κ3) is 4.08. The number of nitrogens with one attached hydrogen (secondary N) is 1. The first kappa shape index (κ1) is 15.6. The normalized spacial score (nSPS) is 9.86. The van der Waals surface area contributed by atoms with Crippen molar-refractivity contribution in [2.75, 3.05) is 11.9 Å². The van der Waals surface area contributed by atoms with E-state index >= 15 is 0 Å². The van der Waals surface area contributed by atoms with E-state index in [1.165, 1.54) is 16.2 Å². The van der Waals surface area contributed by atoms with Crippen LogP contribution in [-0.4, -0.2) is 12.5 Å². The summed E-state index contributed by atoms with van der Waals surface area (Å²) in [6, 6.07) is 8.98. The molecule has 0 saturated carbocycles. The van der Waals surface area contributed by atoms with Crippen LogP contribution in [0.3, 0.4) is 0 Å². The standard InChI is InChI=1S/C16H15ClN2OS/c1-2-13-6-8-15(21-13)16(20)19-14-7-5-12(17)10-11(14)4-3-9-18/h5-8,10H,2,9,18H2,1H3,(H,19,20). The average molecular weight is 319 g/mol. The van der Waals surface area contributed by atoms with Crippen LogP contribution in [-0.2, 0) is 6.42 Å². The van der Waals surface area contributed by atoms with Crippen LogP contribution in [0.5, 0.6) is 0 Å². The highest BCUT2D eigenvalue weighted by molar-refractivity contribution is 7.14. The van der Waals surface area contributed by atoms with Crippen molar-refractivity contribution in [3.63, 3.8) is 0 Å². The maximum Gasteiger partial charge on any atom is 0.265 e. The molecule has 0 unspecified atom stereocenters. The van der Waals surface area contributed by atoms with Crippen molar-refractivity contribution in [2.45, 2.75) is 13.3 Å². The van der Waals surface area contributed by atoms with Crippen LogP contribution >= 0.6 is 22.9 Å². The van der Waals surface area contributed by atoms with Crippen LogP contribution in [0.4, 0.5) is 5.69 Å². The number of carbonyl (C=O) groups is 1. The van der Waals surface area contributed by atoms with Gasteiger partial charge in [0.1, 0.15) is 0 Å². The molecule has 1 aromatic carbocycles. The van der Waals surface area contributed by atoms with Crippen LogP contribution < -0.4 is 11.1 Å². The largest absolute Gasteiger partial charge is 0.320 e. The van der Waals surface area contributed by atoms with Gasteiger partial charge in [-0.05, 0) is 36.8 Å². The van der Waals surface area contributed by atoms with Crippen LogP contribution in [0.1, 0.15) is 27.0 Å². The Labute approximate surface area is 133 Å². The summed E-state index contributed by atoms with van der Waals surface area (Å²) in [6.07, 6.45) is 0.923. The number of halogens is 1. The molecule has 0 saturated heterocycles. The molecule has 108 valence electrons. The number of carbonyl (C=O) groups excluding carboxylic acids is 1. The first-order chi connectivity index (χ1) is 10.1. The van der Waals surface area contributed by atoms with E-state index in [1.54, 1.807) is 18.2 Å². The van der Waals surface area contributed by atoms with Crippen molar-refractivity contribution in [2.24, 2.45) is 5.73 Å². The molecule has 0 aliphatic heterocycles. The van der Waals surface area contributed by atoms with Gasteiger partial charge in [-0.3, -0.25) is 4.79 Å². The Balaban J connectivity index is 2.24. The zero-order valence-electron chi connectivity index (χ0n) is 11.6. The van der Waals surface area contributed by atoms with Gasteiger partial charge in [0.25, 0.3) is 5.91 Å². The molecule has 0 atom stereocenters. The van der Waals surface area contributed by atoms with E-state index in [-0.39, 0.29) is 12.5 Å². The van der Waals surface area contributed by atoms with E-state index in [4.69, 9.17) is 17.3 Å². The van der Waals surface area contributed by atoms with Crippen molar-refractivity contribution < 1.29 is 4.79 Å². The number of hydrogen-bond acceptors (Lipinski definition) is 3. The van der Waals surface area contributed by atoms with E-state index in [9.17, 15) is 4.79 Å². The number of rotatable bonds is 3. The van der Waals surface area contributed by atoms with E-state index in [0.717, 1.165) is 6.42 Å². The van der Waals surface area contributed by atoms with Gasteiger partial charge >= 0.3 is 0 Å². The molecule has 0 fully saturated rings. The van der Waals surface area contributed by atoms with Crippen LogP contribution in [0.2, 0.25) is 5.02 Å². The Bertz CT molecular complexity index is 713. The topological polar surface area (TPSA) is 55.1 Å². The molecule has 0 bridgehead atoms. The lowest BCUT2D eigenvalue weighted by Crippen LogP contribution is -2.11. The summed E-state index contributed by atoms with van der Waals surface area (Å²) in [4.78, 5) is 14.1. The zero-order valence-corrected chi connectivity index (χ0v) is 13.1. The molecule has 0 spiro atoms. The number of amides is 1. The van der Waals surface area contributed by atoms with Crippen molar-refractivity contribution in [3.8, 4) is 11.8 Å². The van der Waals surface area contributed by atoms with Gasteiger partial charge < -0.3 is 11.1 Å². The molecule has 1 heterocycles.